The van der Waals surface area contributed by atoms with Crippen LogP contribution in [-0.4, -0.2) is 32.9 Å². The summed E-state index contributed by atoms with van der Waals surface area (Å²) < 4.78 is 61.6. The molecule has 23 heavy (non-hydrogen) atoms. The number of anilines is 1. The van der Waals surface area contributed by atoms with Crippen molar-refractivity contribution in [3.8, 4) is 0 Å². The molecule has 0 aliphatic carbocycles. The van der Waals surface area contributed by atoms with E-state index in [-0.39, 0.29) is 16.5 Å². The molecule has 0 aliphatic heterocycles. The lowest BCUT2D eigenvalue weighted by Crippen LogP contribution is -2.10. The molecular weight excluding hydrogens is 370 g/mol. The van der Waals surface area contributed by atoms with Crippen molar-refractivity contribution in [1.29, 1.82) is 0 Å². The molecule has 0 atom stereocenters. The summed E-state index contributed by atoms with van der Waals surface area (Å²) in [6.07, 6.45) is 0.897. The van der Waals surface area contributed by atoms with Crippen molar-refractivity contribution in [1.82, 2.24) is 0 Å². The zero-order chi connectivity index (χ0) is 17.3. The lowest BCUT2D eigenvalue weighted by atomic mass is 10.1. The first-order valence-electron chi connectivity index (χ1n) is 5.78. The van der Waals surface area contributed by atoms with Gasteiger partial charge in [-0.15, -0.1) is 4.33 Å². The van der Waals surface area contributed by atoms with Crippen LogP contribution < -0.4 is 4.72 Å². The van der Waals surface area contributed by atoms with E-state index in [2.05, 4.69) is 14.1 Å². The molecule has 2 aromatic rings. The Morgan fingerprint density at radius 2 is 1.83 bits per heavy atom. The molecule has 126 valence electrons. The molecule has 9 nitrogen and oxygen atoms in total. The Labute approximate surface area is 136 Å². The maximum atomic E-state index is 11.6. The minimum absolute atomic E-state index is 0.0643. The van der Waals surface area contributed by atoms with Crippen LogP contribution in [0.3, 0.4) is 0 Å². The fourth-order valence-corrected chi connectivity index (χ4v) is 3.71. The largest absolute Gasteiger partial charge is 0.295 e. The molecule has 0 aromatic heterocycles. The van der Waals surface area contributed by atoms with E-state index in [1.54, 1.807) is 0 Å². The fraction of sp³-hybridized carbons (Fsp3) is 0.0909. The third-order valence-corrected chi connectivity index (χ3v) is 4.82. The number of hydrogen-bond acceptors (Lipinski definition) is 8. The van der Waals surface area contributed by atoms with Gasteiger partial charge < -0.3 is 0 Å². The quantitative estimate of drug-likeness (QED) is 0.296. The van der Waals surface area contributed by atoms with Crippen molar-refractivity contribution < 1.29 is 36.0 Å². The van der Waals surface area contributed by atoms with Crippen LogP contribution in [0.2, 0.25) is 0 Å². The van der Waals surface area contributed by atoms with Gasteiger partial charge >= 0.3 is 0 Å². The molecular formula is C11H11NO8S3. The molecule has 0 amide bonds. The van der Waals surface area contributed by atoms with Crippen LogP contribution in [0, 0.1) is 0 Å². The molecule has 3 N–H and O–H groups in total. The lowest BCUT2D eigenvalue weighted by Gasteiger charge is -2.11. The van der Waals surface area contributed by atoms with Gasteiger partial charge in [0, 0.05) is 15.7 Å². The predicted molar refractivity (Wildman–Crippen MR) is 82.9 cm³/mol. The molecule has 0 heterocycles. The topological polar surface area (TPSA) is 139 Å². The van der Waals surface area contributed by atoms with Crippen LogP contribution in [0.4, 0.5) is 5.69 Å². The summed E-state index contributed by atoms with van der Waals surface area (Å²) in [6, 6.07) is 6.78. The smallest absolute Gasteiger partial charge is 0.284 e. The second-order valence-electron chi connectivity index (χ2n) is 4.40. The Bertz CT molecular complexity index is 939. The molecule has 0 saturated heterocycles. The summed E-state index contributed by atoms with van der Waals surface area (Å²) >= 11 is 0.570. The predicted octanol–water partition coefficient (Wildman–Crippen LogP) is 1.89. The standard InChI is InChI=1S/C11H11NO8S3/c1-22(14,15)12-7-5-9-8(11(6-7)23(16,17)18)3-2-4-10(9)21-20-19-13/h2-6,12-13H,1H3,(H,16,17,18). The maximum Gasteiger partial charge on any atom is 0.295 e. The van der Waals surface area contributed by atoms with Gasteiger partial charge in [0.05, 0.1) is 24.0 Å². The summed E-state index contributed by atoms with van der Waals surface area (Å²) in [5, 5.41) is 12.1. The molecule has 2 aromatic carbocycles. The molecule has 0 unspecified atom stereocenters. The zero-order valence-corrected chi connectivity index (χ0v) is 13.9. The summed E-state index contributed by atoms with van der Waals surface area (Å²) in [7, 11) is -8.28. The van der Waals surface area contributed by atoms with Crippen molar-refractivity contribution in [2.24, 2.45) is 0 Å². The van der Waals surface area contributed by atoms with Gasteiger partial charge in [-0.2, -0.15) is 8.42 Å². The van der Waals surface area contributed by atoms with Crippen LogP contribution in [0.1, 0.15) is 0 Å². The number of sulfonamides is 1. The molecule has 0 spiro atoms. The average Bonchev–Trinajstić information content (AvgIpc) is 2.41. The molecule has 0 bridgehead atoms. The van der Waals surface area contributed by atoms with Crippen molar-refractivity contribution in [2.75, 3.05) is 11.0 Å². The molecule has 0 aliphatic rings. The molecule has 2 rings (SSSR count). The molecule has 0 fully saturated rings. The highest BCUT2D eigenvalue weighted by Crippen LogP contribution is 2.34. The van der Waals surface area contributed by atoms with Crippen LogP contribution >= 0.6 is 12.0 Å². The number of hydrogen-bond donors (Lipinski definition) is 3. The van der Waals surface area contributed by atoms with E-state index in [4.69, 9.17) is 5.26 Å². The van der Waals surface area contributed by atoms with E-state index in [0.717, 1.165) is 12.3 Å². The van der Waals surface area contributed by atoms with Crippen molar-refractivity contribution >= 4 is 48.6 Å². The first-order valence-corrected chi connectivity index (χ1v) is 9.86. The Morgan fingerprint density at radius 1 is 1.13 bits per heavy atom. The van der Waals surface area contributed by atoms with E-state index in [9.17, 15) is 21.4 Å². The van der Waals surface area contributed by atoms with Gasteiger partial charge in [-0.3, -0.25) is 9.27 Å². The molecule has 12 heteroatoms. The minimum atomic E-state index is -4.61. The summed E-state index contributed by atoms with van der Waals surface area (Å²) in [5.74, 6) is 0. The highest BCUT2D eigenvalue weighted by atomic mass is 32.2. The van der Waals surface area contributed by atoms with Gasteiger partial charge in [-0.25, -0.2) is 13.7 Å². The zero-order valence-electron chi connectivity index (χ0n) is 11.5. The molecule has 0 radical (unpaired) electrons. The normalized spacial score (nSPS) is 12.5. The van der Waals surface area contributed by atoms with E-state index in [1.807, 2.05) is 0 Å². The Morgan fingerprint density at radius 3 is 2.39 bits per heavy atom. The average molecular weight is 381 g/mol. The van der Waals surface area contributed by atoms with Gasteiger partial charge in [0.15, 0.2) is 0 Å². The number of fused-ring (bicyclic) bond motifs is 1. The van der Waals surface area contributed by atoms with Crippen LogP contribution in [-0.2, 0) is 29.5 Å². The van der Waals surface area contributed by atoms with E-state index < -0.39 is 25.0 Å². The lowest BCUT2D eigenvalue weighted by molar-refractivity contribution is -0.432. The van der Waals surface area contributed by atoms with Crippen LogP contribution in [0.5, 0.6) is 0 Å². The first kappa shape index (κ1) is 17.9. The third-order valence-electron chi connectivity index (χ3n) is 2.65. The second kappa shape index (κ2) is 6.60. The number of rotatable bonds is 6. The summed E-state index contributed by atoms with van der Waals surface area (Å²) in [6.45, 7) is 0. The van der Waals surface area contributed by atoms with Crippen molar-refractivity contribution in [2.45, 2.75) is 9.79 Å². The van der Waals surface area contributed by atoms with Gasteiger partial charge in [0.2, 0.25) is 10.0 Å². The second-order valence-corrected chi connectivity index (χ2v) is 8.28. The maximum absolute atomic E-state index is 11.6. The highest BCUT2D eigenvalue weighted by molar-refractivity contribution is 7.94. The SMILES string of the molecule is CS(=O)(=O)Nc1cc(S(=O)(=O)O)c2cccc(SOOO)c2c1. The van der Waals surface area contributed by atoms with Gasteiger partial charge in [0.25, 0.3) is 10.1 Å². The first-order chi connectivity index (χ1) is 10.6. The van der Waals surface area contributed by atoms with E-state index in [0.29, 0.717) is 16.9 Å². The Balaban J connectivity index is 2.76. The summed E-state index contributed by atoms with van der Waals surface area (Å²) in [5.41, 5.74) is -0.0643. The Kier molecular flexibility index (Phi) is 5.15. The van der Waals surface area contributed by atoms with Gasteiger partial charge in [-0.1, -0.05) is 17.2 Å². The highest BCUT2D eigenvalue weighted by Gasteiger charge is 2.18. The molecule has 0 saturated carbocycles. The van der Waals surface area contributed by atoms with E-state index in [1.165, 1.54) is 24.3 Å². The van der Waals surface area contributed by atoms with Crippen LogP contribution in [0.25, 0.3) is 10.8 Å². The van der Waals surface area contributed by atoms with Crippen molar-refractivity contribution in [3.63, 3.8) is 0 Å². The monoisotopic (exact) mass is 381 g/mol. The third kappa shape index (κ3) is 4.54. The van der Waals surface area contributed by atoms with Gasteiger partial charge in [-0.05, 0) is 18.2 Å². The van der Waals surface area contributed by atoms with Crippen molar-refractivity contribution in [3.05, 3.63) is 30.3 Å². The Hall–Kier alpha value is -1.41. The fourth-order valence-electron chi connectivity index (χ4n) is 1.93. The number of nitrogens with one attached hydrogen (secondary N) is 1. The van der Waals surface area contributed by atoms with Crippen LogP contribution in [0.15, 0.2) is 40.1 Å². The minimum Gasteiger partial charge on any atom is -0.284 e. The van der Waals surface area contributed by atoms with Gasteiger partial charge in [0.1, 0.15) is 4.90 Å². The number of benzene rings is 2. The van der Waals surface area contributed by atoms with E-state index >= 15 is 0 Å². The summed E-state index contributed by atoms with van der Waals surface area (Å²) in [4.78, 5) is -0.160.